The van der Waals surface area contributed by atoms with Crippen molar-refractivity contribution in [2.45, 2.75) is 74.1 Å². The van der Waals surface area contributed by atoms with Crippen molar-refractivity contribution in [2.24, 2.45) is 16.3 Å². The Labute approximate surface area is 209 Å². The summed E-state index contributed by atoms with van der Waals surface area (Å²) in [6.07, 6.45) is 11.3. The number of rotatable bonds is 11. The molecule has 0 aromatic heterocycles. The van der Waals surface area contributed by atoms with Gasteiger partial charge in [-0.05, 0) is 56.4 Å². The van der Waals surface area contributed by atoms with Crippen LogP contribution in [-0.4, -0.2) is 31.2 Å². The summed E-state index contributed by atoms with van der Waals surface area (Å²) in [6, 6.07) is 0. The number of thioether (sulfide) groups is 1. The molecule has 0 aliphatic heterocycles. The van der Waals surface area contributed by atoms with Crippen molar-refractivity contribution in [1.82, 2.24) is 5.32 Å². The monoisotopic (exact) mass is 478 g/mol. The minimum absolute atomic E-state index is 0.0688. The van der Waals surface area contributed by atoms with E-state index in [1.54, 1.807) is 18.9 Å². The van der Waals surface area contributed by atoms with Gasteiger partial charge < -0.3 is 10.1 Å². The molecule has 0 fully saturated rings. The van der Waals surface area contributed by atoms with Crippen LogP contribution in [0.3, 0.4) is 0 Å². The molecule has 4 nitrogen and oxygen atoms in total. The summed E-state index contributed by atoms with van der Waals surface area (Å²) in [7, 11) is 1.64. The molecule has 0 aromatic carbocycles. The van der Waals surface area contributed by atoms with E-state index in [0.717, 1.165) is 48.3 Å². The number of carbonyl (C=O) groups excluding carboxylic acids is 1. The van der Waals surface area contributed by atoms with Gasteiger partial charge in [0.1, 0.15) is 5.76 Å². The van der Waals surface area contributed by atoms with Crippen LogP contribution in [0.2, 0.25) is 0 Å². The van der Waals surface area contributed by atoms with Crippen molar-refractivity contribution in [3.05, 3.63) is 61.2 Å². The van der Waals surface area contributed by atoms with E-state index in [2.05, 4.69) is 71.2 Å². The van der Waals surface area contributed by atoms with Crippen molar-refractivity contribution in [2.75, 3.05) is 19.6 Å². The van der Waals surface area contributed by atoms with Crippen LogP contribution in [0.25, 0.3) is 0 Å². The Hall–Kier alpha value is -2.01. The highest BCUT2D eigenvalue weighted by molar-refractivity contribution is 7.97. The largest absolute Gasteiger partial charge is 0.500 e. The number of aliphatic imine (C=N–C) groups is 1. The summed E-state index contributed by atoms with van der Waals surface area (Å²) in [6.45, 7) is 29.1. The van der Waals surface area contributed by atoms with Gasteiger partial charge in [0.15, 0.2) is 0 Å². The first kappa shape index (κ1) is 35.6. The average Bonchev–Trinajstić information content (AvgIpc) is 2.71. The van der Waals surface area contributed by atoms with Crippen molar-refractivity contribution in [1.29, 1.82) is 0 Å². The Morgan fingerprint density at radius 3 is 1.85 bits per heavy atom. The zero-order valence-electron chi connectivity index (χ0n) is 23.1. The summed E-state index contributed by atoms with van der Waals surface area (Å²) < 4.78 is 5.37. The number of nitrogens with one attached hydrogen (secondary N) is 1. The van der Waals surface area contributed by atoms with E-state index in [0.29, 0.717) is 5.70 Å². The Balaban J connectivity index is -0.000000576. The molecule has 0 bridgehead atoms. The van der Waals surface area contributed by atoms with Crippen LogP contribution in [0.5, 0.6) is 0 Å². The standard InChI is InChI=1S/C17H31NO2.C9H13N.C2H6S/c1-8-10-14(11-9-2)16(19)18-13(3)12-15(20-7)17(4,5)6;1-6-10-9(5)8(4)7(2)3;1-3-2/h12,14H,3,8-11H2,1-2,4-7H3,(H,18,19);6H,1-2,4H2,3,5H3;1-2H3/b15-12-;;. The zero-order valence-corrected chi connectivity index (χ0v) is 23.9. The highest BCUT2D eigenvalue weighted by Gasteiger charge is 2.20. The molecule has 0 rings (SSSR count). The summed E-state index contributed by atoms with van der Waals surface area (Å²) in [4.78, 5) is 16.2. The van der Waals surface area contributed by atoms with Crippen LogP contribution in [0.1, 0.15) is 74.1 Å². The number of ether oxygens (including phenoxy) is 1. The quantitative estimate of drug-likeness (QED) is 0.185. The maximum absolute atomic E-state index is 12.2. The number of hydrogen-bond donors (Lipinski definition) is 1. The summed E-state index contributed by atoms with van der Waals surface area (Å²) in [5, 5.41) is 2.90. The van der Waals surface area contributed by atoms with Crippen LogP contribution >= 0.6 is 11.8 Å². The van der Waals surface area contributed by atoms with Crippen molar-refractivity contribution in [3.63, 3.8) is 0 Å². The van der Waals surface area contributed by atoms with E-state index in [1.165, 1.54) is 6.20 Å². The Morgan fingerprint density at radius 1 is 1.09 bits per heavy atom. The molecule has 0 aliphatic carbocycles. The summed E-state index contributed by atoms with van der Waals surface area (Å²) in [5.74, 6) is 0.959. The predicted octanol–water partition coefficient (Wildman–Crippen LogP) is 8.11. The molecule has 0 saturated carbocycles. The lowest BCUT2D eigenvalue weighted by Crippen LogP contribution is -2.29. The number of allylic oxidation sites excluding steroid dienone is 4. The Kier molecular flexibility index (Phi) is 22.2. The summed E-state index contributed by atoms with van der Waals surface area (Å²) >= 11 is 1.75. The molecule has 0 radical (unpaired) electrons. The van der Waals surface area contributed by atoms with Crippen LogP contribution in [0.15, 0.2) is 66.2 Å². The minimum Gasteiger partial charge on any atom is -0.500 e. The second kappa shape index (κ2) is 20.6. The minimum atomic E-state index is -0.103. The fourth-order valence-corrected chi connectivity index (χ4v) is 2.66. The van der Waals surface area contributed by atoms with Gasteiger partial charge in [0.2, 0.25) is 5.91 Å². The van der Waals surface area contributed by atoms with Crippen molar-refractivity contribution < 1.29 is 9.53 Å². The fourth-order valence-electron chi connectivity index (χ4n) is 2.66. The molecule has 0 unspecified atom stereocenters. The molecule has 0 spiro atoms. The second-order valence-corrected chi connectivity index (χ2v) is 9.63. The van der Waals surface area contributed by atoms with E-state index in [4.69, 9.17) is 4.74 Å². The Bertz CT molecular complexity index is 677. The molecule has 0 saturated heterocycles. The second-order valence-electron chi connectivity index (χ2n) is 8.82. The molecule has 0 atom stereocenters. The van der Waals surface area contributed by atoms with Crippen molar-refractivity contribution >= 4 is 23.4 Å². The molecule has 0 aromatic rings. The number of nitrogens with zero attached hydrogens (tertiary/aromatic N) is 1. The van der Waals surface area contributed by atoms with E-state index in [1.807, 2.05) is 32.4 Å². The highest BCUT2D eigenvalue weighted by Crippen LogP contribution is 2.26. The third-order valence-corrected chi connectivity index (χ3v) is 4.43. The first-order valence-electron chi connectivity index (χ1n) is 11.4. The van der Waals surface area contributed by atoms with Gasteiger partial charge in [0.25, 0.3) is 0 Å². The SMILES string of the molecule is C=C(/C=C(\OC)C(C)(C)C)NC(=O)C(CCC)CCC.C=CN=C(C)C(=C)C(=C)C.CSC. The first-order valence-corrected chi connectivity index (χ1v) is 13.1. The fraction of sp³-hybridized carbons (Fsp3) is 0.571. The van der Waals surface area contributed by atoms with Crippen LogP contribution in [0, 0.1) is 11.3 Å². The maximum Gasteiger partial charge on any atom is 0.227 e. The number of hydrogen-bond acceptors (Lipinski definition) is 4. The van der Waals surface area contributed by atoms with Gasteiger partial charge >= 0.3 is 0 Å². The number of methoxy groups -OCH3 is 1. The van der Waals surface area contributed by atoms with Crippen LogP contribution in [-0.2, 0) is 9.53 Å². The molecule has 5 heteroatoms. The summed E-state index contributed by atoms with van der Waals surface area (Å²) in [5.41, 5.74) is 3.21. The zero-order chi connectivity index (χ0) is 26.6. The molecular weight excluding hydrogens is 428 g/mol. The molecule has 33 heavy (non-hydrogen) atoms. The number of carbonyl (C=O) groups is 1. The third kappa shape index (κ3) is 19.2. The smallest absolute Gasteiger partial charge is 0.227 e. The molecule has 0 heterocycles. The van der Waals surface area contributed by atoms with Crippen LogP contribution < -0.4 is 5.32 Å². The normalized spacial score (nSPS) is 11.4. The lowest BCUT2D eigenvalue weighted by Gasteiger charge is -2.22. The van der Waals surface area contributed by atoms with E-state index in [9.17, 15) is 4.79 Å². The molecule has 0 aliphatic rings. The van der Waals surface area contributed by atoms with Gasteiger partial charge in [-0.1, -0.05) is 73.8 Å². The van der Waals surface area contributed by atoms with E-state index in [-0.39, 0.29) is 17.2 Å². The third-order valence-electron chi connectivity index (χ3n) is 4.43. The maximum atomic E-state index is 12.2. The van der Waals surface area contributed by atoms with Crippen LogP contribution in [0.4, 0.5) is 0 Å². The van der Waals surface area contributed by atoms with E-state index < -0.39 is 0 Å². The van der Waals surface area contributed by atoms with Gasteiger partial charge in [0.05, 0.1) is 7.11 Å². The molecule has 190 valence electrons. The number of amides is 1. The van der Waals surface area contributed by atoms with Gasteiger partial charge in [-0.15, -0.1) is 0 Å². The predicted molar refractivity (Wildman–Crippen MR) is 152 cm³/mol. The van der Waals surface area contributed by atoms with E-state index >= 15 is 0 Å². The van der Waals surface area contributed by atoms with Crippen molar-refractivity contribution in [3.8, 4) is 0 Å². The first-order chi connectivity index (χ1) is 15.3. The lowest BCUT2D eigenvalue weighted by molar-refractivity contribution is -0.124. The van der Waals surface area contributed by atoms with Gasteiger partial charge in [-0.25, -0.2) is 0 Å². The Morgan fingerprint density at radius 2 is 1.55 bits per heavy atom. The lowest BCUT2D eigenvalue weighted by atomic mass is 9.93. The molecule has 1 amide bonds. The topological polar surface area (TPSA) is 50.7 Å². The molecule has 1 N–H and O–H groups in total. The highest BCUT2D eigenvalue weighted by atomic mass is 32.2. The van der Waals surface area contributed by atoms with Gasteiger partial charge in [0, 0.05) is 28.9 Å². The molecular formula is C28H50N2O2S. The van der Waals surface area contributed by atoms with Gasteiger partial charge in [-0.2, -0.15) is 11.8 Å². The van der Waals surface area contributed by atoms with Gasteiger partial charge in [-0.3, -0.25) is 9.79 Å². The average molecular weight is 479 g/mol.